The Balaban J connectivity index is 2.70. The van der Waals surface area contributed by atoms with Crippen LogP contribution >= 0.6 is 0 Å². The van der Waals surface area contributed by atoms with E-state index in [0.29, 0.717) is 6.54 Å². The summed E-state index contributed by atoms with van der Waals surface area (Å²) in [6.45, 7) is 6.57. The Morgan fingerprint density at radius 1 is 1.04 bits per heavy atom. The molecule has 0 fully saturated rings. The summed E-state index contributed by atoms with van der Waals surface area (Å²) >= 11 is 0. The Morgan fingerprint density at radius 3 is 2.08 bits per heavy atom. The monoisotopic (exact) mass is 325 g/mol. The van der Waals surface area contributed by atoms with Crippen LogP contribution in [0.4, 0.5) is 0 Å². The van der Waals surface area contributed by atoms with Crippen LogP contribution in [0.3, 0.4) is 0 Å². The van der Waals surface area contributed by atoms with E-state index in [1.165, 1.54) is 0 Å². The fraction of sp³-hybridized carbons (Fsp3) is 0.381. The number of hydrogen-bond acceptors (Lipinski definition) is 2. The molecule has 0 radical (unpaired) electrons. The first kappa shape index (κ1) is 18.2. The second-order valence-corrected chi connectivity index (χ2v) is 6.99. The Hall–Kier alpha value is -2.13. The lowest BCUT2D eigenvalue weighted by Gasteiger charge is -2.38. The maximum Gasteiger partial charge on any atom is 0.314 e. The van der Waals surface area contributed by atoms with Crippen LogP contribution in [-0.4, -0.2) is 36.6 Å². The van der Waals surface area contributed by atoms with E-state index in [4.69, 9.17) is 0 Å². The SMILES string of the molecule is Cc1ccccc1C(CN(C)C)C(C)(C(=O)O)c1ccccc1C. The number of carbonyl (C=O) groups is 1. The molecule has 24 heavy (non-hydrogen) atoms. The van der Waals surface area contributed by atoms with Gasteiger partial charge < -0.3 is 10.0 Å². The summed E-state index contributed by atoms with van der Waals surface area (Å²) in [5.74, 6) is -0.931. The number of nitrogens with zero attached hydrogens (tertiary/aromatic N) is 1. The molecule has 0 amide bonds. The number of carboxylic acids is 1. The zero-order valence-electron chi connectivity index (χ0n) is 15.2. The molecule has 2 aromatic carbocycles. The summed E-state index contributed by atoms with van der Waals surface area (Å²) in [6.07, 6.45) is 0. The minimum atomic E-state index is -0.998. The minimum absolute atomic E-state index is 0.146. The number of carboxylic acid groups (broad SMARTS) is 1. The Bertz CT molecular complexity index is 723. The number of benzene rings is 2. The number of rotatable bonds is 6. The molecule has 2 aromatic rings. The Kier molecular flexibility index (Phi) is 5.45. The van der Waals surface area contributed by atoms with Crippen molar-refractivity contribution < 1.29 is 9.90 Å². The van der Waals surface area contributed by atoms with Crippen LogP contribution in [0.1, 0.15) is 35.1 Å². The molecular weight excluding hydrogens is 298 g/mol. The van der Waals surface area contributed by atoms with Gasteiger partial charge >= 0.3 is 5.97 Å². The van der Waals surface area contributed by atoms with Crippen LogP contribution in [0, 0.1) is 13.8 Å². The van der Waals surface area contributed by atoms with Gasteiger partial charge in [0.2, 0.25) is 0 Å². The van der Waals surface area contributed by atoms with Crippen LogP contribution in [-0.2, 0) is 10.2 Å². The quantitative estimate of drug-likeness (QED) is 0.873. The molecule has 3 heteroatoms. The van der Waals surface area contributed by atoms with Gasteiger partial charge in [0.25, 0.3) is 0 Å². The Morgan fingerprint density at radius 2 is 1.58 bits per heavy atom. The summed E-state index contributed by atoms with van der Waals surface area (Å²) in [4.78, 5) is 14.5. The lowest BCUT2D eigenvalue weighted by atomic mass is 9.67. The van der Waals surface area contributed by atoms with Crippen molar-refractivity contribution in [1.82, 2.24) is 4.90 Å². The molecule has 0 aliphatic carbocycles. The lowest BCUT2D eigenvalue weighted by molar-refractivity contribution is -0.144. The lowest BCUT2D eigenvalue weighted by Crippen LogP contribution is -2.44. The first-order chi connectivity index (χ1) is 11.3. The van der Waals surface area contributed by atoms with Gasteiger partial charge in [-0.2, -0.15) is 0 Å². The summed E-state index contributed by atoms with van der Waals surface area (Å²) in [5, 5.41) is 10.2. The van der Waals surface area contributed by atoms with E-state index in [1.807, 2.05) is 64.3 Å². The normalized spacial score (nSPS) is 15.1. The summed E-state index contributed by atoms with van der Waals surface area (Å²) < 4.78 is 0. The predicted molar refractivity (Wildman–Crippen MR) is 98.6 cm³/mol. The highest BCUT2D eigenvalue weighted by Crippen LogP contribution is 2.42. The van der Waals surface area contributed by atoms with E-state index >= 15 is 0 Å². The summed E-state index contributed by atoms with van der Waals surface area (Å²) in [6, 6.07) is 15.9. The van der Waals surface area contributed by atoms with E-state index < -0.39 is 11.4 Å². The largest absolute Gasteiger partial charge is 0.481 e. The van der Waals surface area contributed by atoms with Crippen molar-refractivity contribution in [3.63, 3.8) is 0 Å². The smallest absolute Gasteiger partial charge is 0.314 e. The van der Waals surface area contributed by atoms with Crippen molar-refractivity contribution in [3.8, 4) is 0 Å². The second kappa shape index (κ2) is 7.18. The van der Waals surface area contributed by atoms with E-state index in [0.717, 1.165) is 22.3 Å². The van der Waals surface area contributed by atoms with Gasteiger partial charge in [0.1, 0.15) is 0 Å². The van der Waals surface area contributed by atoms with Gasteiger partial charge in [-0.3, -0.25) is 4.79 Å². The second-order valence-electron chi connectivity index (χ2n) is 6.99. The third-order valence-corrected chi connectivity index (χ3v) is 4.96. The van der Waals surface area contributed by atoms with Crippen molar-refractivity contribution in [2.45, 2.75) is 32.1 Å². The molecule has 0 aromatic heterocycles. The van der Waals surface area contributed by atoms with Crippen molar-refractivity contribution >= 4 is 5.97 Å². The van der Waals surface area contributed by atoms with Crippen LogP contribution in [0.5, 0.6) is 0 Å². The standard InChI is InChI=1S/C21H27NO2/c1-15-10-6-8-12-17(15)19(14-22(4)5)21(3,20(23)24)18-13-9-7-11-16(18)2/h6-13,19H,14H2,1-5H3,(H,23,24). The van der Waals surface area contributed by atoms with Crippen LogP contribution in [0.25, 0.3) is 0 Å². The zero-order chi connectivity index (χ0) is 17.9. The molecule has 128 valence electrons. The number of hydrogen-bond donors (Lipinski definition) is 1. The van der Waals surface area contributed by atoms with Crippen molar-refractivity contribution in [3.05, 3.63) is 70.8 Å². The molecule has 0 bridgehead atoms. The van der Waals surface area contributed by atoms with Gasteiger partial charge in [0, 0.05) is 12.5 Å². The highest BCUT2D eigenvalue weighted by atomic mass is 16.4. The van der Waals surface area contributed by atoms with Gasteiger partial charge in [-0.1, -0.05) is 48.5 Å². The molecule has 0 saturated heterocycles. The van der Waals surface area contributed by atoms with E-state index in [1.54, 1.807) is 0 Å². The Labute approximate surface area is 144 Å². The van der Waals surface area contributed by atoms with Gasteiger partial charge in [-0.25, -0.2) is 0 Å². The van der Waals surface area contributed by atoms with E-state index in [-0.39, 0.29) is 5.92 Å². The topological polar surface area (TPSA) is 40.5 Å². The highest BCUT2D eigenvalue weighted by molar-refractivity contribution is 5.83. The molecule has 0 aliphatic heterocycles. The average molecular weight is 325 g/mol. The first-order valence-electron chi connectivity index (χ1n) is 8.28. The van der Waals surface area contributed by atoms with E-state index in [9.17, 15) is 9.90 Å². The van der Waals surface area contributed by atoms with Gasteiger partial charge in [-0.15, -0.1) is 0 Å². The van der Waals surface area contributed by atoms with E-state index in [2.05, 4.69) is 24.0 Å². The number of aliphatic carboxylic acids is 1. The summed E-state index contributed by atoms with van der Waals surface area (Å²) in [7, 11) is 3.98. The molecule has 2 unspecified atom stereocenters. The van der Waals surface area contributed by atoms with Gasteiger partial charge in [0.05, 0.1) is 5.41 Å². The van der Waals surface area contributed by atoms with Crippen LogP contribution in [0.2, 0.25) is 0 Å². The molecule has 0 saturated carbocycles. The maximum atomic E-state index is 12.5. The van der Waals surface area contributed by atoms with Crippen LogP contribution < -0.4 is 0 Å². The fourth-order valence-corrected chi connectivity index (χ4v) is 3.54. The fourth-order valence-electron chi connectivity index (χ4n) is 3.54. The molecular formula is C21H27NO2. The third kappa shape index (κ3) is 3.36. The van der Waals surface area contributed by atoms with Crippen molar-refractivity contribution in [2.75, 3.05) is 20.6 Å². The molecule has 0 spiro atoms. The first-order valence-corrected chi connectivity index (χ1v) is 8.28. The third-order valence-electron chi connectivity index (χ3n) is 4.96. The van der Waals surface area contributed by atoms with Crippen molar-refractivity contribution in [1.29, 1.82) is 0 Å². The summed E-state index contributed by atoms with van der Waals surface area (Å²) in [5.41, 5.74) is 3.12. The number of likely N-dealkylation sites (N-methyl/N-ethyl adjacent to an activating group) is 1. The van der Waals surface area contributed by atoms with Gasteiger partial charge in [0.15, 0.2) is 0 Å². The van der Waals surface area contributed by atoms with Crippen LogP contribution in [0.15, 0.2) is 48.5 Å². The molecule has 0 heterocycles. The molecule has 2 rings (SSSR count). The maximum absolute atomic E-state index is 12.5. The number of aryl methyl sites for hydroxylation is 2. The molecule has 0 aliphatic rings. The zero-order valence-corrected chi connectivity index (χ0v) is 15.2. The van der Waals surface area contributed by atoms with Gasteiger partial charge in [-0.05, 0) is 57.1 Å². The molecule has 1 N–H and O–H groups in total. The average Bonchev–Trinajstić information content (AvgIpc) is 2.53. The predicted octanol–water partition coefficient (Wildman–Crippen LogP) is 3.99. The molecule has 2 atom stereocenters. The van der Waals surface area contributed by atoms with Crippen molar-refractivity contribution in [2.24, 2.45) is 0 Å². The minimum Gasteiger partial charge on any atom is -0.481 e. The molecule has 3 nitrogen and oxygen atoms in total. The highest BCUT2D eigenvalue weighted by Gasteiger charge is 2.45.